The van der Waals surface area contributed by atoms with E-state index in [1.165, 1.54) is 0 Å². The summed E-state index contributed by atoms with van der Waals surface area (Å²) in [5.74, 6) is 0.126. The number of hydrogen-bond donors (Lipinski definition) is 1. The van der Waals surface area contributed by atoms with E-state index in [1.807, 2.05) is 13.0 Å². The van der Waals surface area contributed by atoms with Crippen LogP contribution in [-0.4, -0.2) is 37.6 Å². The molecule has 1 N–H and O–H groups in total. The summed E-state index contributed by atoms with van der Waals surface area (Å²) in [5.41, 5.74) is 2.09. The standard InChI is InChI=1S/C19H18ClN3O3S/c1-12-8-9-15(14(20)11-12)21-19(24)16-6-4-10-23(16)18-13-5-2-3-7-17(13)27(25,26)22-18/h2-3,5,7-9,11,16H,4,6,10H2,1H3,(H,21,24)/t16-/m1/s1. The molecule has 2 aromatic carbocycles. The molecule has 0 spiro atoms. The Kier molecular flexibility index (Phi) is 4.44. The lowest BCUT2D eigenvalue weighted by Gasteiger charge is -2.25. The van der Waals surface area contributed by atoms with Crippen LogP contribution in [0.25, 0.3) is 0 Å². The average molecular weight is 404 g/mol. The number of anilines is 1. The van der Waals surface area contributed by atoms with E-state index < -0.39 is 16.1 Å². The number of amides is 1. The minimum absolute atomic E-state index is 0.188. The van der Waals surface area contributed by atoms with Gasteiger partial charge in [-0.2, -0.15) is 8.42 Å². The summed E-state index contributed by atoms with van der Waals surface area (Å²) in [7, 11) is -3.72. The zero-order valence-electron chi connectivity index (χ0n) is 14.6. The summed E-state index contributed by atoms with van der Waals surface area (Å²) < 4.78 is 28.6. The second kappa shape index (κ2) is 6.65. The van der Waals surface area contributed by atoms with E-state index >= 15 is 0 Å². The smallest absolute Gasteiger partial charge is 0.285 e. The van der Waals surface area contributed by atoms with Crippen molar-refractivity contribution in [2.75, 3.05) is 11.9 Å². The van der Waals surface area contributed by atoms with E-state index in [0.29, 0.717) is 35.1 Å². The number of amidine groups is 1. The molecule has 0 aliphatic carbocycles. The molecule has 1 atom stereocenters. The Morgan fingerprint density at radius 1 is 1.26 bits per heavy atom. The van der Waals surface area contributed by atoms with Gasteiger partial charge in [0.2, 0.25) is 5.91 Å². The zero-order valence-corrected chi connectivity index (χ0v) is 16.2. The zero-order chi connectivity index (χ0) is 19.2. The van der Waals surface area contributed by atoms with Gasteiger partial charge < -0.3 is 10.2 Å². The number of rotatable bonds is 2. The molecule has 2 aliphatic heterocycles. The molecule has 140 valence electrons. The van der Waals surface area contributed by atoms with Crippen LogP contribution in [0.1, 0.15) is 24.0 Å². The maximum absolute atomic E-state index is 12.9. The number of hydrogen-bond acceptors (Lipinski definition) is 4. The van der Waals surface area contributed by atoms with Gasteiger partial charge in [-0.05, 0) is 49.6 Å². The third-order valence-corrected chi connectivity index (χ3v) is 6.46. The molecule has 8 heteroatoms. The van der Waals surface area contributed by atoms with E-state index in [9.17, 15) is 13.2 Å². The lowest BCUT2D eigenvalue weighted by Crippen LogP contribution is -2.43. The highest BCUT2D eigenvalue weighted by atomic mass is 35.5. The molecule has 0 aromatic heterocycles. The number of nitrogens with zero attached hydrogens (tertiary/aromatic N) is 2. The molecular formula is C19H18ClN3O3S. The number of sulfonamides is 1. The number of halogens is 1. The second-order valence-corrected chi connectivity index (χ2v) is 8.69. The van der Waals surface area contributed by atoms with E-state index in [2.05, 4.69) is 9.71 Å². The summed E-state index contributed by atoms with van der Waals surface area (Å²) >= 11 is 6.22. The topological polar surface area (TPSA) is 78.8 Å². The van der Waals surface area contributed by atoms with Gasteiger partial charge in [0.15, 0.2) is 5.84 Å². The summed E-state index contributed by atoms with van der Waals surface area (Å²) in [6.07, 6.45) is 1.40. The van der Waals surface area contributed by atoms with Crippen LogP contribution >= 0.6 is 11.6 Å². The number of likely N-dealkylation sites (tertiary alicyclic amines) is 1. The number of carbonyl (C=O) groups is 1. The van der Waals surface area contributed by atoms with E-state index in [1.54, 1.807) is 41.3 Å². The molecule has 2 aliphatic rings. The Balaban J connectivity index is 1.62. The molecule has 0 saturated carbocycles. The summed E-state index contributed by atoms with van der Waals surface area (Å²) in [6.45, 7) is 2.49. The molecule has 1 saturated heterocycles. The van der Waals surface area contributed by atoms with Crippen molar-refractivity contribution in [3.63, 3.8) is 0 Å². The molecule has 2 aromatic rings. The number of benzene rings is 2. The summed E-state index contributed by atoms with van der Waals surface area (Å²) in [6, 6.07) is 11.6. The SMILES string of the molecule is Cc1ccc(NC(=O)[C@H]2CCCN2C2=NS(=O)(=O)c3ccccc32)c(Cl)c1. The Morgan fingerprint density at radius 3 is 2.81 bits per heavy atom. The van der Waals surface area contributed by atoms with Crippen molar-refractivity contribution in [1.29, 1.82) is 0 Å². The first-order chi connectivity index (χ1) is 12.9. The molecule has 1 fully saturated rings. The predicted octanol–water partition coefficient (Wildman–Crippen LogP) is 3.20. The third-order valence-electron chi connectivity index (χ3n) is 4.82. The lowest BCUT2D eigenvalue weighted by molar-refractivity contribution is -0.119. The molecule has 0 bridgehead atoms. The van der Waals surface area contributed by atoms with E-state index in [0.717, 1.165) is 12.0 Å². The molecule has 0 radical (unpaired) electrons. The normalized spacial score (nSPS) is 20.3. The van der Waals surface area contributed by atoms with E-state index in [-0.39, 0.29) is 10.8 Å². The van der Waals surface area contributed by atoms with Crippen LogP contribution in [0.5, 0.6) is 0 Å². The van der Waals surface area contributed by atoms with Gasteiger partial charge in [-0.1, -0.05) is 29.8 Å². The minimum Gasteiger partial charge on any atom is -0.343 e. The first-order valence-electron chi connectivity index (χ1n) is 8.65. The Morgan fingerprint density at radius 2 is 2.04 bits per heavy atom. The van der Waals surface area contributed by atoms with Crippen molar-refractivity contribution >= 4 is 39.1 Å². The quantitative estimate of drug-likeness (QED) is 0.835. The maximum atomic E-state index is 12.9. The van der Waals surface area contributed by atoms with Gasteiger partial charge in [0.1, 0.15) is 10.9 Å². The highest BCUT2D eigenvalue weighted by molar-refractivity contribution is 7.90. The Hall–Kier alpha value is -2.38. The fraction of sp³-hybridized carbons (Fsp3) is 0.263. The first-order valence-corrected chi connectivity index (χ1v) is 10.5. The Bertz CT molecular complexity index is 1070. The van der Waals surface area contributed by atoms with Crippen LogP contribution in [-0.2, 0) is 14.8 Å². The maximum Gasteiger partial charge on any atom is 0.285 e. The predicted molar refractivity (Wildman–Crippen MR) is 105 cm³/mol. The monoisotopic (exact) mass is 403 g/mol. The molecule has 2 heterocycles. The fourth-order valence-corrected chi connectivity index (χ4v) is 5.03. The van der Waals surface area contributed by atoms with Crippen molar-refractivity contribution in [2.45, 2.75) is 30.7 Å². The van der Waals surface area contributed by atoms with Crippen LogP contribution in [0.3, 0.4) is 0 Å². The summed E-state index contributed by atoms with van der Waals surface area (Å²) in [5, 5.41) is 3.33. The summed E-state index contributed by atoms with van der Waals surface area (Å²) in [4.78, 5) is 14.8. The van der Waals surface area contributed by atoms with Crippen molar-refractivity contribution in [1.82, 2.24) is 4.90 Å². The average Bonchev–Trinajstić information content (AvgIpc) is 3.21. The van der Waals surface area contributed by atoms with Crippen molar-refractivity contribution < 1.29 is 13.2 Å². The van der Waals surface area contributed by atoms with Crippen molar-refractivity contribution in [2.24, 2.45) is 4.40 Å². The fourth-order valence-electron chi connectivity index (χ4n) is 3.53. The lowest BCUT2D eigenvalue weighted by atomic mass is 10.1. The van der Waals surface area contributed by atoms with Gasteiger partial charge in [-0.3, -0.25) is 4.79 Å². The second-order valence-electron chi connectivity index (χ2n) is 6.71. The highest BCUT2D eigenvalue weighted by Gasteiger charge is 2.39. The van der Waals surface area contributed by atoms with Crippen LogP contribution in [0.4, 0.5) is 5.69 Å². The molecule has 0 unspecified atom stereocenters. The molecule has 4 rings (SSSR count). The highest BCUT2D eigenvalue weighted by Crippen LogP contribution is 2.32. The minimum atomic E-state index is -3.72. The van der Waals surface area contributed by atoms with Crippen LogP contribution in [0, 0.1) is 6.92 Å². The molecule has 27 heavy (non-hydrogen) atoms. The molecule has 6 nitrogen and oxygen atoms in total. The Labute approximate surface area is 162 Å². The molecular weight excluding hydrogens is 386 g/mol. The van der Waals surface area contributed by atoms with Crippen molar-refractivity contribution in [3.05, 3.63) is 58.6 Å². The van der Waals surface area contributed by atoms with Gasteiger partial charge in [0.25, 0.3) is 10.0 Å². The largest absolute Gasteiger partial charge is 0.343 e. The van der Waals surface area contributed by atoms with Crippen molar-refractivity contribution in [3.8, 4) is 0 Å². The molecule has 1 amide bonds. The van der Waals surface area contributed by atoms with Gasteiger partial charge in [0, 0.05) is 12.1 Å². The van der Waals surface area contributed by atoms with Gasteiger partial charge in [0.05, 0.1) is 10.7 Å². The number of nitrogens with one attached hydrogen (secondary N) is 1. The van der Waals surface area contributed by atoms with Gasteiger partial charge in [-0.15, -0.1) is 4.40 Å². The van der Waals surface area contributed by atoms with Gasteiger partial charge in [-0.25, -0.2) is 0 Å². The number of carbonyl (C=O) groups excluding carboxylic acids is 1. The van der Waals surface area contributed by atoms with Gasteiger partial charge >= 0.3 is 0 Å². The third kappa shape index (κ3) is 3.21. The number of aryl methyl sites for hydroxylation is 1. The van der Waals surface area contributed by atoms with Crippen LogP contribution in [0.2, 0.25) is 5.02 Å². The van der Waals surface area contributed by atoms with Crippen LogP contribution < -0.4 is 5.32 Å². The van der Waals surface area contributed by atoms with E-state index in [4.69, 9.17) is 11.6 Å². The number of fused-ring (bicyclic) bond motifs is 1. The first kappa shape index (κ1) is 18.0. The van der Waals surface area contributed by atoms with Crippen LogP contribution in [0.15, 0.2) is 51.8 Å².